The summed E-state index contributed by atoms with van der Waals surface area (Å²) in [6, 6.07) is 4.64. The van der Waals surface area contributed by atoms with Crippen molar-refractivity contribution in [2.45, 2.75) is 32.4 Å². The van der Waals surface area contributed by atoms with E-state index in [2.05, 4.69) is 15.7 Å². The minimum Gasteiger partial charge on any atom is -0.497 e. The molecule has 0 saturated carbocycles. The van der Waals surface area contributed by atoms with Crippen LogP contribution in [0.3, 0.4) is 0 Å². The van der Waals surface area contributed by atoms with Gasteiger partial charge in [-0.3, -0.25) is 9.48 Å². The Bertz CT molecular complexity index is 754. The normalized spacial score (nSPS) is 17.3. The average molecular weight is 346 g/mol. The van der Waals surface area contributed by atoms with Gasteiger partial charge < -0.3 is 15.4 Å². The van der Waals surface area contributed by atoms with Gasteiger partial charge in [0.1, 0.15) is 17.3 Å². The molecule has 3 rings (SSSR count). The Hall–Kier alpha value is -2.41. The highest BCUT2D eigenvalue weighted by molar-refractivity contribution is 5.93. The lowest BCUT2D eigenvalue weighted by atomic mass is 10.1. The third-order valence-corrected chi connectivity index (χ3v) is 4.50. The van der Waals surface area contributed by atoms with Crippen LogP contribution in [0.1, 0.15) is 40.5 Å². The number of amides is 1. The molecule has 0 spiro atoms. The van der Waals surface area contributed by atoms with E-state index in [1.807, 2.05) is 6.92 Å². The van der Waals surface area contributed by atoms with E-state index in [0.29, 0.717) is 17.0 Å². The number of nitrogens with one attached hydrogen (secondary N) is 2. The van der Waals surface area contributed by atoms with Crippen molar-refractivity contribution >= 4 is 5.91 Å². The number of methoxy groups -OCH3 is 1. The Morgan fingerprint density at radius 1 is 1.52 bits per heavy atom. The maximum Gasteiger partial charge on any atom is 0.270 e. The van der Waals surface area contributed by atoms with Crippen LogP contribution in [0, 0.1) is 12.7 Å². The SMILES string of the molecule is COc1ccc(F)c(CNC(=O)c2c(C)cnn2C2CCCNC2)c1. The van der Waals surface area contributed by atoms with Crippen molar-refractivity contribution in [1.29, 1.82) is 0 Å². The topological polar surface area (TPSA) is 68.2 Å². The summed E-state index contributed by atoms with van der Waals surface area (Å²) in [5.74, 6) is -0.0641. The van der Waals surface area contributed by atoms with Gasteiger partial charge in [-0.25, -0.2) is 4.39 Å². The number of aromatic nitrogens is 2. The molecule has 6 nitrogen and oxygen atoms in total. The second-order valence-electron chi connectivity index (χ2n) is 6.26. The predicted octanol–water partition coefficient (Wildman–Crippen LogP) is 2.19. The average Bonchev–Trinajstić information content (AvgIpc) is 3.03. The molecule has 2 aromatic rings. The minimum atomic E-state index is -0.372. The Labute approximate surface area is 146 Å². The van der Waals surface area contributed by atoms with Crippen molar-refractivity contribution in [3.63, 3.8) is 0 Å². The van der Waals surface area contributed by atoms with E-state index in [-0.39, 0.29) is 24.3 Å². The van der Waals surface area contributed by atoms with E-state index < -0.39 is 0 Å². The Kier molecular flexibility index (Phi) is 5.33. The second kappa shape index (κ2) is 7.65. The van der Waals surface area contributed by atoms with E-state index in [9.17, 15) is 9.18 Å². The molecule has 1 aromatic heterocycles. The van der Waals surface area contributed by atoms with Gasteiger partial charge in [0.2, 0.25) is 0 Å². The molecule has 1 unspecified atom stereocenters. The Balaban J connectivity index is 1.74. The van der Waals surface area contributed by atoms with Crippen LogP contribution >= 0.6 is 0 Å². The zero-order valence-corrected chi connectivity index (χ0v) is 14.5. The second-order valence-corrected chi connectivity index (χ2v) is 6.26. The van der Waals surface area contributed by atoms with Crippen LogP contribution in [0.15, 0.2) is 24.4 Å². The number of hydrogen-bond donors (Lipinski definition) is 2. The van der Waals surface area contributed by atoms with Gasteiger partial charge in [-0.15, -0.1) is 0 Å². The molecule has 1 atom stereocenters. The summed E-state index contributed by atoms with van der Waals surface area (Å²) in [6.45, 7) is 3.75. The number of rotatable bonds is 5. The number of piperidine rings is 1. The highest BCUT2D eigenvalue weighted by Gasteiger charge is 2.23. The van der Waals surface area contributed by atoms with E-state index >= 15 is 0 Å². The monoisotopic (exact) mass is 346 g/mol. The molecule has 0 radical (unpaired) electrons. The van der Waals surface area contributed by atoms with Gasteiger partial charge in [0.15, 0.2) is 0 Å². The Morgan fingerprint density at radius 3 is 3.08 bits per heavy atom. The van der Waals surface area contributed by atoms with Crippen molar-refractivity contribution in [3.8, 4) is 5.75 Å². The molecule has 25 heavy (non-hydrogen) atoms. The fraction of sp³-hybridized carbons (Fsp3) is 0.444. The van der Waals surface area contributed by atoms with Gasteiger partial charge in [-0.05, 0) is 50.1 Å². The maximum absolute atomic E-state index is 13.9. The van der Waals surface area contributed by atoms with Crippen LogP contribution in [0.2, 0.25) is 0 Å². The van der Waals surface area contributed by atoms with Gasteiger partial charge in [-0.2, -0.15) is 5.10 Å². The predicted molar refractivity (Wildman–Crippen MR) is 92.2 cm³/mol. The van der Waals surface area contributed by atoms with Crippen LogP contribution in [-0.2, 0) is 6.54 Å². The lowest BCUT2D eigenvalue weighted by Gasteiger charge is -2.24. The first-order chi connectivity index (χ1) is 12.1. The van der Waals surface area contributed by atoms with Gasteiger partial charge in [0.25, 0.3) is 5.91 Å². The minimum absolute atomic E-state index is 0.0927. The number of nitrogens with zero attached hydrogens (tertiary/aromatic N) is 2. The van der Waals surface area contributed by atoms with Crippen LogP contribution in [0.5, 0.6) is 5.75 Å². The molecule has 1 aliphatic rings. The number of aryl methyl sites for hydroxylation is 1. The van der Waals surface area contributed by atoms with E-state index in [0.717, 1.165) is 31.5 Å². The largest absolute Gasteiger partial charge is 0.497 e. The van der Waals surface area contributed by atoms with Crippen LogP contribution in [0.4, 0.5) is 4.39 Å². The Morgan fingerprint density at radius 2 is 2.36 bits per heavy atom. The van der Waals surface area contributed by atoms with Gasteiger partial charge in [0.05, 0.1) is 19.3 Å². The molecule has 1 aliphatic heterocycles. The van der Waals surface area contributed by atoms with Crippen molar-refractivity contribution in [1.82, 2.24) is 20.4 Å². The first-order valence-electron chi connectivity index (χ1n) is 8.45. The number of carbonyl (C=O) groups excluding carboxylic acids is 1. The fourth-order valence-corrected chi connectivity index (χ4v) is 3.12. The lowest BCUT2D eigenvalue weighted by molar-refractivity contribution is 0.0935. The van der Waals surface area contributed by atoms with E-state index in [4.69, 9.17) is 4.74 Å². The smallest absolute Gasteiger partial charge is 0.270 e. The van der Waals surface area contributed by atoms with Crippen molar-refractivity contribution < 1.29 is 13.9 Å². The molecule has 2 N–H and O–H groups in total. The van der Waals surface area contributed by atoms with Gasteiger partial charge in [0, 0.05) is 18.7 Å². The molecule has 134 valence electrons. The van der Waals surface area contributed by atoms with Crippen molar-refractivity contribution in [2.24, 2.45) is 0 Å². The van der Waals surface area contributed by atoms with Crippen molar-refractivity contribution in [3.05, 3.63) is 47.0 Å². The number of hydrogen-bond acceptors (Lipinski definition) is 4. The molecule has 1 fully saturated rings. The third-order valence-electron chi connectivity index (χ3n) is 4.50. The highest BCUT2D eigenvalue weighted by atomic mass is 19.1. The van der Waals surface area contributed by atoms with Gasteiger partial charge >= 0.3 is 0 Å². The molecule has 1 aromatic carbocycles. The summed E-state index contributed by atoms with van der Waals surface area (Å²) in [5, 5.41) is 10.5. The summed E-state index contributed by atoms with van der Waals surface area (Å²) in [4.78, 5) is 12.7. The fourth-order valence-electron chi connectivity index (χ4n) is 3.12. The highest BCUT2D eigenvalue weighted by Crippen LogP contribution is 2.21. The summed E-state index contributed by atoms with van der Waals surface area (Å²) in [5.41, 5.74) is 1.74. The van der Waals surface area contributed by atoms with Crippen LogP contribution < -0.4 is 15.4 Å². The molecule has 7 heteroatoms. The molecular weight excluding hydrogens is 323 g/mol. The van der Waals surface area contributed by atoms with Crippen LogP contribution in [-0.4, -0.2) is 35.9 Å². The van der Waals surface area contributed by atoms with Gasteiger partial charge in [-0.1, -0.05) is 0 Å². The van der Waals surface area contributed by atoms with E-state index in [1.54, 1.807) is 23.0 Å². The number of ether oxygens (including phenoxy) is 1. The summed E-state index contributed by atoms with van der Waals surface area (Å²) in [6.07, 6.45) is 3.74. The molecular formula is C18H23FN4O2. The lowest BCUT2D eigenvalue weighted by Crippen LogP contribution is -2.35. The molecule has 0 bridgehead atoms. The quantitative estimate of drug-likeness (QED) is 0.871. The van der Waals surface area contributed by atoms with E-state index in [1.165, 1.54) is 13.2 Å². The first kappa shape index (κ1) is 17.4. The summed E-state index contributed by atoms with van der Waals surface area (Å²) >= 11 is 0. The van der Waals surface area contributed by atoms with Crippen LogP contribution in [0.25, 0.3) is 0 Å². The number of halogens is 1. The summed E-state index contributed by atoms with van der Waals surface area (Å²) < 4.78 is 20.8. The third kappa shape index (κ3) is 3.82. The zero-order chi connectivity index (χ0) is 17.8. The molecule has 1 amide bonds. The standard InChI is InChI=1S/C18H23FN4O2/c1-12-9-22-23(14-4-3-7-20-11-14)17(12)18(24)21-10-13-8-15(25-2)5-6-16(13)19/h5-6,8-9,14,20H,3-4,7,10-11H2,1-2H3,(H,21,24). The molecule has 0 aliphatic carbocycles. The molecule has 2 heterocycles. The number of benzene rings is 1. The zero-order valence-electron chi connectivity index (χ0n) is 14.5. The first-order valence-corrected chi connectivity index (χ1v) is 8.45. The maximum atomic E-state index is 13.9. The van der Waals surface area contributed by atoms with Crippen molar-refractivity contribution in [2.75, 3.05) is 20.2 Å². The number of carbonyl (C=O) groups is 1. The summed E-state index contributed by atoms with van der Waals surface area (Å²) in [7, 11) is 1.52. The molecule has 1 saturated heterocycles.